The Morgan fingerprint density at radius 2 is 1.89 bits per heavy atom. The maximum atomic E-state index is 5.18. The maximum absolute atomic E-state index is 5.18. The van der Waals surface area contributed by atoms with Crippen molar-refractivity contribution in [2.24, 2.45) is 0 Å². The quantitative estimate of drug-likeness (QED) is 0.753. The molecule has 0 amide bonds. The molecule has 1 aromatic carbocycles. The molecule has 0 heterocycles. The van der Waals surface area contributed by atoms with Crippen molar-refractivity contribution in [2.75, 3.05) is 20.3 Å². The van der Waals surface area contributed by atoms with Gasteiger partial charge in [0.2, 0.25) is 0 Å². The van der Waals surface area contributed by atoms with Crippen molar-refractivity contribution in [3.05, 3.63) is 35.4 Å². The fourth-order valence-electron chi connectivity index (χ4n) is 2.32. The zero-order chi connectivity index (χ0) is 14.3. The minimum Gasteiger partial charge on any atom is -0.385 e. The Labute approximate surface area is 118 Å². The molecule has 0 radical (unpaired) electrons. The van der Waals surface area contributed by atoms with Crippen molar-refractivity contribution in [3.63, 3.8) is 0 Å². The summed E-state index contributed by atoms with van der Waals surface area (Å²) >= 11 is 0. The highest BCUT2D eigenvalue weighted by Gasteiger charge is 2.17. The van der Waals surface area contributed by atoms with Gasteiger partial charge in [0.25, 0.3) is 0 Å². The van der Waals surface area contributed by atoms with Gasteiger partial charge in [-0.15, -0.1) is 0 Å². The van der Waals surface area contributed by atoms with Gasteiger partial charge >= 0.3 is 0 Å². The van der Waals surface area contributed by atoms with Crippen LogP contribution in [0.3, 0.4) is 0 Å². The Kier molecular flexibility index (Phi) is 6.53. The predicted molar refractivity (Wildman–Crippen MR) is 82.8 cm³/mol. The van der Waals surface area contributed by atoms with Crippen molar-refractivity contribution >= 4 is 0 Å². The highest BCUT2D eigenvalue weighted by Crippen LogP contribution is 2.24. The Balaban J connectivity index is 2.71. The smallest absolute Gasteiger partial charge is 0.0462 e. The van der Waals surface area contributed by atoms with Crippen molar-refractivity contribution in [1.82, 2.24) is 5.32 Å². The minimum atomic E-state index is 0.169. The number of benzene rings is 1. The summed E-state index contributed by atoms with van der Waals surface area (Å²) in [6.07, 6.45) is 2.28. The van der Waals surface area contributed by atoms with E-state index < -0.39 is 0 Å². The van der Waals surface area contributed by atoms with Crippen LogP contribution in [0.5, 0.6) is 0 Å². The molecule has 19 heavy (non-hydrogen) atoms. The first-order valence-electron chi connectivity index (χ1n) is 7.23. The number of aryl methyl sites for hydroxylation is 1. The largest absolute Gasteiger partial charge is 0.385 e. The van der Waals surface area contributed by atoms with Crippen molar-refractivity contribution in [1.29, 1.82) is 0 Å². The molecule has 1 aromatic rings. The molecule has 0 saturated heterocycles. The van der Waals surface area contributed by atoms with Crippen molar-refractivity contribution < 1.29 is 4.74 Å². The lowest BCUT2D eigenvalue weighted by Gasteiger charge is -2.26. The Morgan fingerprint density at radius 3 is 2.47 bits per heavy atom. The molecule has 0 aliphatic rings. The van der Waals surface area contributed by atoms with Gasteiger partial charge in [-0.1, -0.05) is 24.3 Å². The molecule has 0 saturated carbocycles. The zero-order valence-corrected chi connectivity index (χ0v) is 13.1. The third-order valence-electron chi connectivity index (χ3n) is 3.41. The third-order valence-corrected chi connectivity index (χ3v) is 3.41. The summed E-state index contributed by atoms with van der Waals surface area (Å²) in [5, 5.41) is 3.63. The number of rotatable bonds is 7. The van der Waals surface area contributed by atoms with E-state index >= 15 is 0 Å². The van der Waals surface area contributed by atoms with Gasteiger partial charge in [0.15, 0.2) is 0 Å². The van der Waals surface area contributed by atoms with Gasteiger partial charge in [-0.2, -0.15) is 0 Å². The van der Waals surface area contributed by atoms with Crippen LogP contribution in [0.15, 0.2) is 24.3 Å². The van der Waals surface area contributed by atoms with Crippen LogP contribution < -0.4 is 5.32 Å². The first-order valence-corrected chi connectivity index (χ1v) is 7.23. The average molecular weight is 263 g/mol. The number of hydrogen-bond acceptors (Lipinski definition) is 2. The summed E-state index contributed by atoms with van der Waals surface area (Å²) in [5.74, 6) is 0.565. The van der Waals surface area contributed by atoms with Crippen LogP contribution in [0.2, 0.25) is 0 Å². The molecule has 0 aliphatic carbocycles. The summed E-state index contributed by atoms with van der Waals surface area (Å²) in [4.78, 5) is 0. The predicted octanol–water partition coefficient (Wildman–Crippen LogP) is 3.89. The summed E-state index contributed by atoms with van der Waals surface area (Å²) in [6, 6.07) is 8.72. The van der Waals surface area contributed by atoms with E-state index in [-0.39, 0.29) is 5.54 Å². The second kappa shape index (κ2) is 7.66. The minimum absolute atomic E-state index is 0.169. The SMILES string of the molecule is COCCCC(CNC(C)(C)C)c1ccccc1C. The lowest BCUT2D eigenvalue weighted by Crippen LogP contribution is -2.38. The number of nitrogens with one attached hydrogen (secondary N) is 1. The fraction of sp³-hybridized carbons (Fsp3) is 0.647. The van der Waals surface area contributed by atoms with E-state index in [0.717, 1.165) is 19.6 Å². The first-order chi connectivity index (χ1) is 8.94. The Morgan fingerprint density at radius 1 is 1.21 bits per heavy atom. The van der Waals surface area contributed by atoms with E-state index in [2.05, 4.69) is 57.3 Å². The molecule has 0 aromatic heterocycles. The van der Waals surface area contributed by atoms with E-state index in [9.17, 15) is 0 Å². The molecular formula is C17H29NO. The average Bonchev–Trinajstić information content (AvgIpc) is 2.33. The van der Waals surface area contributed by atoms with E-state index in [1.807, 2.05) is 0 Å². The van der Waals surface area contributed by atoms with Crippen LogP contribution in [-0.2, 0) is 4.74 Å². The fourth-order valence-corrected chi connectivity index (χ4v) is 2.32. The van der Waals surface area contributed by atoms with E-state index in [1.165, 1.54) is 17.5 Å². The molecule has 2 heteroatoms. The first kappa shape index (κ1) is 16.2. The van der Waals surface area contributed by atoms with Gasteiger partial charge in [0.1, 0.15) is 0 Å². The maximum Gasteiger partial charge on any atom is 0.0462 e. The number of hydrogen-bond donors (Lipinski definition) is 1. The lowest BCUT2D eigenvalue weighted by molar-refractivity contribution is 0.189. The topological polar surface area (TPSA) is 21.3 Å². The lowest BCUT2D eigenvalue weighted by atomic mass is 9.90. The Bertz CT molecular complexity index is 368. The normalized spacial score (nSPS) is 13.5. The molecule has 1 atom stereocenters. The molecule has 0 aliphatic heterocycles. The third kappa shape index (κ3) is 6.22. The molecule has 108 valence electrons. The molecule has 0 spiro atoms. The second-order valence-corrected chi connectivity index (χ2v) is 6.32. The van der Waals surface area contributed by atoms with Gasteiger partial charge in [-0.25, -0.2) is 0 Å². The second-order valence-electron chi connectivity index (χ2n) is 6.32. The van der Waals surface area contributed by atoms with Crippen LogP contribution in [0.4, 0.5) is 0 Å². The van der Waals surface area contributed by atoms with Gasteiger partial charge in [-0.05, 0) is 57.6 Å². The van der Waals surface area contributed by atoms with Gasteiger partial charge in [0.05, 0.1) is 0 Å². The molecule has 1 N–H and O–H groups in total. The van der Waals surface area contributed by atoms with Crippen molar-refractivity contribution in [2.45, 2.75) is 52.0 Å². The molecule has 2 nitrogen and oxygen atoms in total. The van der Waals surface area contributed by atoms with Gasteiger partial charge in [-0.3, -0.25) is 0 Å². The van der Waals surface area contributed by atoms with E-state index in [0.29, 0.717) is 5.92 Å². The van der Waals surface area contributed by atoms with Crippen molar-refractivity contribution in [3.8, 4) is 0 Å². The van der Waals surface area contributed by atoms with Crippen LogP contribution in [0, 0.1) is 6.92 Å². The summed E-state index contributed by atoms with van der Waals surface area (Å²) in [7, 11) is 1.77. The summed E-state index contributed by atoms with van der Waals surface area (Å²) < 4.78 is 5.18. The van der Waals surface area contributed by atoms with E-state index in [1.54, 1.807) is 7.11 Å². The monoisotopic (exact) mass is 263 g/mol. The molecule has 1 rings (SSSR count). The molecular weight excluding hydrogens is 234 g/mol. The Hall–Kier alpha value is -0.860. The molecule has 1 unspecified atom stereocenters. The number of ether oxygens (including phenoxy) is 1. The highest BCUT2D eigenvalue weighted by atomic mass is 16.5. The van der Waals surface area contributed by atoms with Gasteiger partial charge < -0.3 is 10.1 Å². The van der Waals surface area contributed by atoms with Crippen LogP contribution in [-0.4, -0.2) is 25.8 Å². The summed E-state index contributed by atoms with van der Waals surface area (Å²) in [5.41, 5.74) is 3.03. The van der Waals surface area contributed by atoms with Gasteiger partial charge in [0, 0.05) is 25.8 Å². The highest BCUT2D eigenvalue weighted by molar-refractivity contribution is 5.29. The van der Waals surface area contributed by atoms with Crippen LogP contribution in [0.25, 0.3) is 0 Å². The van der Waals surface area contributed by atoms with E-state index in [4.69, 9.17) is 4.74 Å². The summed E-state index contributed by atoms with van der Waals surface area (Å²) in [6.45, 7) is 10.7. The zero-order valence-electron chi connectivity index (χ0n) is 13.1. The van der Waals surface area contributed by atoms with Crippen LogP contribution >= 0.6 is 0 Å². The molecule has 0 bridgehead atoms. The van der Waals surface area contributed by atoms with Crippen LogP contribution in [0.1, 0.15) is 50.7 Å². The molecule has 0 fully saturated rings. The standard InChI is InChI=1S/C17H29NO/c1-14-9-6-7-11-16(14)15(10-8-12-19-5)13-18-17(2,3)4/h6-7,9,11,15,18H,8,10,12-13H2,1-5H3. The number of methoxy groups -OCH3 is 1.